The van der Waals surface area contributed by atoms with Gasteiger partial charge in [-0.2, -0.15) is 4.31 Å². The second-order valence-electron chi connectivity index (χ2n) is 5.83. The van der Waals surface area contributed by atoms with Gasteiger partial charge in [0, 0.05) is 37.3 Å². The molecule has 0 spiro atoms. The molecule has 2 rings (SSSR count). The summed E-state index contributed by atoms with van der Waals surface area (Å²) >= 11 is 6.15. The van der Waals surface area contributed by atoms with Crippen molar-refractivity contribution >= 4 is 27.3 Å². The van der Waals surface area contributed by atoms with Crippen LogP contribution in [0, 0.1) is 6.92 Å². The van der Waals surface area contributed by atoms with Crippen LogP contribution in [0.3, 0.4) is 0 Å². The molecule has 1 aromatic rings. The molecule has 1 aliphatic rings. The molecule has 1 aliphatic heterocycles. The van der Waals surface area contributed by atoms with Crippen LogP contribution in [0.15, 0.2) is 12.1 Å². The minimum Gasteiger partial charge on any atom is -0.495 e. The second kappa shape index (κ2) is 7.73. The van der Waals surface area contributed by atoms with Crippen molar-refractivity contribution in [3.05, 3.63) is 22.7 Å². The lowest BCUT2D eigenvalue weighted by molar-refractivity contribution is 0.377. The predicted octanol–water partition coefficient (Wildman–Crippen LogP) is 2.91. The van der Waals surface area contributed by atoms with Gasteiger partial charge in [0.05, 0.1) is 18.6 Å². The topological polar surface area (TPSA) is 49.9 Å². The number of hydrogen-bond donors (Lipinski definition) is 0. The summed E-state index contributed by atoms with van der Waals surface area (Å²) in [5, 5.41) is 0.673. The van der Waals surface area contributed by atoms with E-state index < -0.39 is 10.0 Å². The molecule has 0 aliphatic carbocycles. The van der Waals surface area contributed by atoms with Crippen LogP contribution in [0.5, 0.6) is 5.75 Å². The zero-order valence-electron chi connectivity index (χ0n) is 14.0. The van der Waals surface area contributed by atoms with Gasteiger partial charge in [-0.3, -0.25) is 0 Å². The third-order valence-corrected chi connectivity index (χ3v) is 6.55. The van der Waals surface area contributed by atoms with E-state index in [-0.39, 0.29) is 5.75 Å². The molecule has 0 radical (unpaired) electrons. The number of rotatable bonds is 6. The molecular formula is C16H25ClN2O3S. The van der Waals surface area contributed by atoms with Crippen molar-refractivity contribution < 1.29 is 13.2 Å². The molecule has 0 aromatic heterocycles. The lowest BCUT2D eigenvalue weighted by Crippen LogP contribution is -2.49. The summed E-state index contributed by atoms with van der Waals surface area (Å²) in [7, 11) is -1.51. The minimum atomic E-state index is -3.13. The summed E-state index contributed by atoms with van der Waals surface area (Å²) in [6.07, 6.45) is 1.60. The Bertz CT molecular complexity index is 641. The third-order valence-electron chi connectivity index (χ3n) is 4.19. The monoisotopic (exact) mass is 360 g/mol. The summed E-state index contributed by atoms with van der Waals surface area (Å²) < 4.78 is 31.6. The Kier molecular flexibility index (Phi) is 6.17. The Morgan fingerprint density at radius 1 is 1.22 bits per heavy atom. The first kappa shape index (κ1) is 18.4. The van der Waals surface area contributed by atoms with E-state index in [1.165, 1.54) is 0 Å². The van der Waals surface area contributed by atoms with Gasteiger partial charge in [0.1, 0.15) is 5.75 Å². The Hall–Kier alpha value is -0.980. The first-order chi connectivity index (χ1) is 10.9. The lowest BCUT2D eigenvalue weighted by atomic mass is 10.1. The highest BCUT2D eigenvalue weighted by molar-refractivity contribution is 7.89. The van der Waals surface area contributed by atoms with Gasteiger partial charge in [-0.25, -0.2) is 8.42 Å². The number of halogens is 1. The number of hydrogen-bond acceptors (Lipinski definition) is 4. The molecule has 7 heteroatoms. The van der Waals surface area contributed by atoms with Crippen molar-refractivity contribution in [2.45, 2.75) is 26.7 Å². The maximum Gasteiger partial charge on any atom is 0.214 e. The minimum absolute atomic E-state index is 0.243. The maximum atomic E-state index is 12.3. The Labute approximate surface area is 144 Å². The van der Waals surface area contributed by atoms with E-state index in [0.717, 1.165) is 23.4 Å². The van der Waals surface area contributed by atoms with Crippen LogP contribution in [-0.4, -0.2) is 51.8 Å². The van der Waals surface area contributed by atoms with E-state index in [2.05, 4.69) is 4.90 Å². The Balaban J connectivity index is 2.09. The average molecular weight is 361 g/mol. The van der Waals surface area contributed by atoms with Gasteiger partial charge >= 0.3 is 0 Å². The summed E-state index contributed by atoms with van der Waals surface area (Å²) in [5.74, 6) is 0.968. The molecule has 1 fully saturated rings. The second-order valence-corrected chi connectivity index (χ2v) is 8.32. The number of ether oxygens (including phenoxy) is 1. The Morgan fingerprint density at radius 3 is 2.43 bits per heavy atom. The van der Waals surface area contributed by atoms with Gasteiger partial charge in [0.2, 0.25) is 10.0 Å². The van der Waals surface area contributed by atoms with Gasteiger partial charge in [0.25, 0.3) is 0 Å². The van der Waals surface area contributed by atoms with E-state index in [0.29, 0.717) is 37.6 Å². The van der Waals surface area contributed by atoms with E-state index in [1.807, 2.05) is 26.0 Å². The highest BCUT2D eigenvalue weighted by atomic mass is 35.5. The van der Waals surface area contributed by atoms with Gasteiger partial charge in [-0.1, -0.05) is 24.9 Å². The first-order valence-electron chi connectivity index (χ1n) is 7.96. The molecule has 1 aromatic carbocycles. The number of aryl methyl sites for hydroxylation is 1. The fourth-order valence-corrected chi connectivity index (χ4v) is 4.51. The molecule has 0 saturated carbocycles. The van der Waals surface area contributed by atoms with Crippen molar-refractivity contribution in [1.82, 2.24) is 4.31 Å². The lowest BCUT2D eigenvalue weighted by Gasteiger charge is -2.36. The van der Waals surface area contributed by atoms with E-state index in [1.54, 1.807) is 11.4 Å². The number of piperazine rings is 1. The molecule has 0 bridgehead atoms. The molecule has 130 valence electrons. The van der Waals surface area contributed by atoms with Crippen molar-refractivity contribution in [3.63, 3.8) is 0 Å². The summed E-state index contributed by atoms with van der Waals surface area (Å²) in [6, 6.07) is 3.82. The van der Waals surface area contributed by atoms with Crippen LogP contribution < -0.4 is 9.64 Å². The fraction of sp³-hybridized carbons (Fsp3) is 0.625. The van der Waals surface area contributed by atoms with Crippen LogP contribution in [0.4, 0.5) is 5.69 Å². The zero-order chi connectivity index (χ0) is 17.0. The predicted molar refractivity (Wildman–Crippen MR) is 95.2 cm³/mol. The molecule has 1 saturated heterocycles. The quantitative estimate of drug-likeness (QED) is 0.782. The first-order valence-corrected chi connectivity index (χ1v) is 9.94. The van der Waals surface area contributed by atoms with Gasteiger partial charge in [0.15, 0.2) is 0 Å². The number of unbranched alkanes of at least 4 members (excludes halogenated alkanes) is 1. The molecule has 0 N–H and O–H groups in total. The number of sulfonamides is 1. The van der Waals surface area contributed by atoms with Crippen LogP contribution in [0.1, 0.15) is 25.3 Å². The normalized spacial score (nSPS) is 16.6. The van der Waals surface area contributed by atoms with Gasteiger partial charge in [-0.15, -0.1) is 0 Å². The molecule has 23 heavy (non-hydrogen) atoms. The van der Waals surface area contributed by atoms with Crippen molar-refractivity contribution in [1.29, 1.82) is 0 Å². The maximum absolute atomic E-state index is 12.3. The molecule has 0 amide bonds. The molecule has 0 unspecified atom stereocenters. The van der Waals surface area contributed by atoms with E-state index in [9.17, 15) is 8.42 Å². The molecular weight excluding hydrogens is 336 g/mol. The summed E-state index contributed by atoms with van der Waals surface area (Å²) in [5.41, 5.74) is 1.96. The van der Waals surface area contributed by atoms with Crippen LogP contribution in [-0.2, 0) is 10.0 Å². The largest absolute Gasteiger partial charge is 0.495 e. The van der Waals surface area contributed by atoms with Crippen LogP contribution >= 0.6 is 11.6 Å². The van der Waals surface area contributed by atoms with Crippen LogP contribution in [0.2, 0.25) is 5.02 Å². The molecule has 5 nitrogen and oxygen atoms in total. The van der Waals surface area contributed by atoms with Crippen molar-refractivity contribution in [2.24, 2.45) is 0 Å². The number of nitrogens with zero attached hydrogens (tertiary/aromatic N) is 2. The summed E-state index contributed by atoms with van der Waals surface area (Å²) in [4.78, 5) is 2.16. The van der Waals surface area contributed by atoms with Crippen molar-refractivity contribution in [2.75, 3.05) is 43.9 Å². The molecule has 1 heterocycles. The number of benzene rings is 1. The highest BCUT2D eigenvalue weighted by Gasteiger charge is 2.27. The van der Waals surface area contributed by atoms with Crippen LogP contribution in [0.25, 0.3) is 0 Å². The number of anilines is 1. The summed E-state index contributed by atoms with van der Waals surface area (Å²) in [6.45, 7) is 6.29. The highest BCUT2D eigenvalue weighted by Crippen LogP contribution is 2.34. The van der Waals surface area contributed by atoms with Gasteiger partial charge in [-0.05, 0) is 25.0 Å². The van der Waals surface area contributed by atoms with E-state index >= 15 is 0 Å². The standard InChI is InChI=1S/C16H25ClN2O3S/c1-4-5-10-23(20,21)19-8-6-18(7-9-19)15-11-13(2)14(17)12-16(15)22-3/h11-12H,4-10H2,1-3H3. The Morgan fingerprint density at radius 2 is 1.87 bits per heavy atom. The smallest absolute Gasteiger partial charge is 0.214 e. The van der Waals surface area contributed by atoms with Crippen molar-refractivity contribution in [3.8, 4) is 5.75 Å². The van der Waals surface area contributed by atoms with E-state index in [4.69, 9.17) is 16.3 Å². The number of methoxy groups -OCH3 is 1. The average Bonchev–Trinajstić information content (AvgIpc) is 2.55. The third kappa shape index (κ3) is 4.31. The molecule has 0 atom stereocenters. The SMILES string of the molecule is CCCCS(=O)(=O)N1CCN(c2cc(C)c(Cl)cc2OC)CC1. The fourth-order valence-electron chi connectivity index (χ4n) is 2.72. The van der Waals surface area contributed by atoms with Gasteiger partial charge < -0.3 is 9.64 Å². The zero-order valence-corrected chi connectivity index (χ0v) is 15.6.